The van der Waals surface area contributed by atoms with Crippen LogP contribution >= 0.6 is 22.9 Å². The molecule has 1 atom stereocenters. The number of hydrogen-bond donors (Lipinski definition) is 2. The van der Waals surface area contributed by atoms with Crippen LogP contribution in [-0.4, -0.2) is 10.9 Å². The average molecular weight is 283 g/mol. The van der Waals surface area contributed by atoms with Gasteiger partial charge in [0.15, 0.2) is 0 Å². The molecule has 2 N–H and O–H groups in total. The Kier molecular flexibility index (Phi) is 3.84. The summed E-state index contributed by atoms with van der Waals surface area (Å²) in [6.07, 6.45) is 1.45. The first kappa shape index (κ1) is 12.9. The van der Waals surface area contributed by atoms with Crippen molar-refractivity contribution in [2.24, 2.45) is 0 Å². The largest absolute Gasteiger partial charge is 0.345 e. The van der Waals surface area contributed by atoms with E-state index in [1.807, 2.05) is 13.0 Å². The summed E-state index contributed by atoms with van der Waals surface area (Å²) in [5.41, 5.74) is 0.0442. The zero-order valence-electron chi connectivity index (χ0n) is 9.57. The topological polar surface area (TPSA) is 62.0 Å². The third-order valence-electron chi connectivity index (χ3n) is 2.41. The number of aromatic nitrogens is 1. The molecule has 2 aromatic rings. The van der Waals surface area contributed by atoms with Crippen molar-refractivity contribution in [3.8, 4) is 0 Å². The SMILES string of the molecule is CC(NC(=O)c1cc[nH]c(=O)c1)c1ccc(Cl)s1. The molecule has 94 valence electrons. The predicted octanol–water partition coefficient (Wildman–Crippen LogP) is 2.58. The summed E-state index contributed by atoms with van der Waals surface area (Å²) >= 11 is 7.26. The molecule has 0 radical (unpaired) electrons. The Labute approximate surface area is 113 Å². The minimum Gasteiger partial charge on any atom is -0.345 e. The van der Waals surface area contributed by atoms with Crippen molar-refractivity contribution < 1.29 is 4.79 Å². The molecule has 2 heterocycles. The van der Waals surface area contributed by atoms with Crippen molar-refractivity contribution >= 4 is 28.8 Å². The summed E-state index contributed by atoms with van der Waals surface area (Å²) < 4.78 is 0.683. The van der Waals surface area contributed by atoms with Gasteiger partial charge in [-0.05, 0) is 25.1 Å². The van der Waals surface area contributed by atoms with Crippen molar-refractivity contribution in [2.45, 2.75) is 13.0 Å². The first-order chi connectivity index (χ1) is 8.56. The summed E-state index contributed by atoms with van der Waals surface area (Å²) in [6, 6.07) is 6.34. The lowest BCUT2D eigenvalue weighted by atomic mass is 10.2. The maximum absolute atomic E-state index is 11.9. The molecule has 0 aliphatic heterocycles. The van der Waals surface area contributed by atoms with Crippen molar-refractivity contribution in [1.82, 2.24) is 10.3 Å². The number of rotatable bonds is 3. The Bertz CT molecular complexity index is 620. The Hall–Kier alpha value is -1.59. The summed E-state index contributed by atoms with van der Waals surface area (Å²) in [4.78, 5) is 26.4. The van der Waals surface area contributed by atoms with E-state index < -0.39 is 0 Å². The van der Waals surface area contributed by atoms with E-state index in [1.165, 1.54) is 23.6 Å². The Morgan fingerprint density at radius 2 is 2.22 bits per heavy atom. The highest BCUT2D eigenvalue weighted by Crippen LogP contribution is 2.26. The summed E-state index contributed by atoms with van der Waals surface area (Å²) in [5.74, 6) is -0.280. The summed E-state index contributed by atoms with van der Waals surface area (Å²) in [5, 5.41) is 2.81. The maximum Gasteiger partial charge on any atom is 0.252 e. The molecule has 0 fully saturated rings. The van der Waals surface area contributed by atoms with Gasteiger partial charge in [0, 0.05) is 22.7 Å². The number of carbonyl (C=O) groups excluding carboxylic acids is 1. The number of nitrogens with one attached hydrogen (secondary N) is 2. The molecule has 6 heteroatoms. The minimum absolute atomic E-state index is 0.144. The first-order valence-corrected chi connectivity index (χ1v) is 6.50. The van der Waals surface area contributed by atoms with Crippen LogP contribution in [0.2, 0.25) is 4.34 Å². The summed E-state index contributed by atoms with van der Waals surface area (Å²) in [6.45, 7) is 1.87. The van der Waals surface area contributed by atoms with Crippen LogP contribution in [0, 0.1) is 0 Å². The predicted molar refractivity (Wildman–Crippen MR) is 72.3 cm³/mol. The molecule has 0 aromatic carbocycles. The maximum atomic E-state index is 11.9. The number of amides is 1. The second kappa shape index (κ2) is 5.37. The van der Waals surface area contributed by atoms with Gasteiger partial charge in [-0.3, -0.25) is 9.59 Å². The normalized spacial score (nSPS) is 12.1. The van der Waals surface area contributed by atoms with Crippen molar-refractivity contribution in [3.63, 3.8) is 0 Å². The molecule has 18 heavy (non-hydrogen) atoms. The van der Waals surface area contributed by atoms with Gasteiger partial charge in [-0.15, -0.1) is 11.3 Å². The van der Waals surface area contributed by atoms with Crippen LogP contribution in [0.3, 0.4) is 0 Å². The van der Waals surface area contributed by atoms with Crippen LogP contribution in [-0.2, 0) is 0 Å². The van der Waals surface area contributed by atoms with E-state index in [1.54, 1.807) is 12.1 Å². The summed E-state index contributed by atoms with van der Waals surface area (Å²) in [7, 11) is 0. The molecule has 1 amide bonds. The second-order valence-electron chi connectivity index (χ2n) is 3.78. The molecular formula is C12H11ClN2O2S. The highest BCUT2D eigenvalue weighted by Gasteiger charge is 2.13. The highest BCUT2D eigenvalue weighted by molar-refractivity contribution is 7.16. The fraction of sp³-hybridized carbons (Fsp3) is 0.167. The van der Waals surface area contributed by atoms with E-state index >= 15 is 0 Å². The van der Waals surface area contributed by atoms with Crippen LogP contribution < -0.4 is 10.9 Å². The lowest BCUT2D eigenvalue weighted by Gasteiger charge is -2.11. The zero-order chi connectivity index (χ0) is 13.1. The van der Waals surface area contributed by atoms with Gasteiger partial charge in [0.2, 0.25) is 5.56 Å². The molecule has 0 spiro atoms. The Balaban J connectivity index is 2.10. The lowest BCUT2D eigenvalue weighted by molar-refractivity contribution is 0.0940. The van der Waals surface area contributed by atoms with E-state index in [4.69, 9.17) is 11.6 Å². The van der Waals surface area contributed by atoms with E-state index in [0.717, 1.165) is 4.88 Å². The van der Waals surface area contributed by atoms with Crippen LogP contribution in [0.15, 0.2) is 35.3 Å². The van der Waals surface area contributed by atoms with Crippen LogP contribution in [0.1, 0.15) is 28.2 Å². The fourth-order valence-corrected chi connectivity index (χ4v) is 2.56. The standard InChI is InChI=1S/C12H11ClN2O2S/c1-7(9-2-3-10(13)18-9)15-12(17)8-4-5-14-11(16)6-8/h2-7H,1H3,(H,14,16)(H,15,17). The minimum atomic E-state index is -0.297. The van der Waals surface area contributed by atoms with Gasteiger partial charge in [-0.25, -0.2) is 0 Å². The molecule has 0 bridgehead atoms. The molecular weight excluding hydrogens is 272 g/mol. The number of H-pyrrole nitrogens is 1. The average Bonchev–Trinajstić information content (AvgIpc) is 2.76. The van der Waals surface area contributed by atoms with Crippen LogP contribution in [0.5, 0.6) is 0 Å². The molecule has 2 aromatic heterocycles. The molecule has 0 saturated heterocycles. The van der Waals surface area contributed by atoms with Gasteiger partial charge in [-0.1, -0.05) is 11.6 Å². The van der Waals surface area contributed by atoms with Gasteiger partial charge in [-0.2, -0.15) is 0 Å². The Morgan fingerprint density at radius 3 is 2.83 bits per heavy atom. The van der Waals surface area contributed by atoms with Gasteiger partial charge < -0.3 is 10.3 Å². The van der Waals surface area contributed by atoms with Crippen LogP contribution in [0.25, 0.3) is 0 Å². The quantitative estimate of drug-likeness (QED) is 0.909. The zero-order valence-corrected chi connectivity index (χ0v) is 11.1. The number of halogens is 1. The monoisotopic (exact) mass is 282 g/mol. The lowest BCUT2D eigenvalue weighted by Crippen LogP contribution is -2.27. The number of carbonyl (C=O) groups is 1. The Morgan fingerprint density at radius 1 is 1.44 bits per heavy atom. The van der Waals surface area contributed by atoms with Gasteiger partial charge >= 0.3 is 0 Å². The molecule has 1 unspecified atom stereocenters. The van der Waals surface area contributed by atoms with Crippen molar-refractivity contribution in [1.29, 1.82) is 0 Å². The molecule has 4 nitrogen and oxygen atoms in total. The fourth-order valence-electron chi connectivity index (χ4n) is 1.50. The van der Waals surface area contributed by atoms with Gasteiger partial charge in [0.05, 0.1) is 10.4 Å². The van der Waals surface area contributed by atoms with Gasteiger partial charge in [0.1, 0.15) is 0 Å². The van der Waals surface area contributed by atoms with Crippen LogP contribution in [0.4, 0.5) is 0 Å². The number of hydrogen-bond acceptors (Lipinski definition) is 3. The smallest absolute Gasteiger partial charge is 0.252 e. The van der Waals surface area contributed by atoms with Gasteiger partial charge in [0.25, 0.3) is 5.91 Å². The third-order valence-corrected chi connectivity index (χ3v) is 3.82. The van der Waals surface area contributed by atoms with E-state index in [0.29, 0.717) is 9.90 Å². The van der Waals surface area contributed by atoms with E-state index in [2.05, 4.69) is 10.3 Å². The highest BCUT2D eigenvalue weighted by atomic mass is 35.5. The first-order valence-electron chi connectivity index (χ1n) is 5.31. The van der Waals surface area contributed by atoms with E-state index in [-0.39, 0.29) is 17.5 Å². The molecule has 0 aliphatic carbocycles. The second-order valence-corrected chi connectivity index (χ2v) is 5.53. The number of pyridine rings is 1. The van der Waals surface area contributed by atoms with Crippen molar-refractivity contribution in [3.05, 3.63) is 55.6 Å². The van der Waals surface area contributed by atoms with E-state index in [9.17, 15) is 9.59 Å². The molecule has 0 aliphatic rings. The molecule has 2 rings (SSSR count). The number of thiophene rings is 1. The molecule has 0 saturated carbocycles. The van der Waals surface area contributed by atoms with Crippen molar-refractivity contribution in [2.75, 3.05) is 0 Å². The third kappa shape index (κ3) is 3.00. The number of aromatic amines is 1.